The van der Waals surface area contributed by atoms with Crippen molar-refractivity contribution in [1.82, 2.24) is 39.9 Å². The van der Waals surface area contributed by atoms with Crippen molar-refractivity contribution in [2.45, 2.75) is 115 Å². The Morgan fingerprint density at radius 2 is 0.752 bits per heavy atom. The van der Waals surface area contributed by atoms with Crippen LogP contribution in [0.2, 0.25) is 0 Å². The molecule has 9 aliphatic rings. The van der Waals surface area contributed by atoms with Gasteiger partial charge in [-0.05, 0) is 171 Å². The van der Waals surface area contributed by atoms with Gasteiger partial charge in [-0.15, -0.1) is 0 Å². The number of pyridine rings is 3. The van der Waals surface area contributed by atoms with Gasteiger partial charge in [-0.3, -0.25) is 19.2 Å². The molecule has 0 saturated carbocycles. The van der Waals surface area contributed by atoms with Gasteiger partial charge < -0.3 is 84.7 Å². The van der Waals surface area contributed by atoms with Crippen LogP contribution in [-0.4, -0.2) is 225 Å². The number of hydrogen-bond acceptors (Lipinski definition) is 23. The number of aromatic nitrogens is 3. The number of carbonyl (C=O) groups is 1. The maximum absolute atomic E-state index is 12.6. The zero-order chi connectivity index (χ0) is 77.3. The summed E-state index contributed by atoms with van der Waals surface area (Å²) in [6.45, 7) is 17.8. The number of anilines is 6. The van der Waals surface area contributed by atoms with E-state index in [0.717, 1.165) is 174 Å². The topological polar surface area (TPSA) is 214 Å². The molecule has 6 saturated heterocycles. The van der Waals surface area contributed by atoms with Gasteiger partial charge in [0.1, 0.15) is 0 Å². The van der Waals surface area contributed by atoms with E-state index in [4.69, 9.17) is 14.2 Å². The average Bonchev–Trinajstić information content (AvgIpc) is 0.778. The van der Waals surface area contributed by atoms with Crippen LogP contribution in [0, 0.1) is 0 Å². The lowest BCUT2D eigenvalue weighted by Gasteiger charge is -2.33. The first-order valence-electron chi connectivity index (χ1n) is 39.6. The summed E-state index contributed by atoms with van der Waals surface area (Å²) in [5.74, 6) is 0.209. The fraction of sp³-hybridized carbons (Fsp3) is 0.395. The molecule has 0 radical (unpaired) electrons. The molecule has 12 heterocycles. The van der Waals surface area contributed by atoms with E-state index in [-0.39, 0.29) is 22.6 Å². The molecule has 0 spiro atoms. The maximum Gasteiger partial charge on any atom is 0.250 e. The summed E-state index contributed by atoms with van der Waals surface area (Å²) in [4.78, 5) is 89.7. The molecule has 9 aliphatic heterocycles. The van der Waals surface area contributed by atoms with Gasteiger partial charge in [0.25, 0.3) is 0 Å². The van der Waals surface area contributed by atoms with Crippen molar-refractivity contribution in [2.24, 2.45) is 0 Å². The Balaban J connectivity index is 0.000000128. The number of likely N-dealkylation sites (N-methyl/N-ethyl adjacent to an activating group) is 2. The molecule has 0 unspecified atom stereocenters. The first-order valence-corrected chi connectivity index (χ1v) is 44.5. The lowest BCUT2D eigenvalue weighted by molar-refractivity contribution is -0.132. The largest absolute Gasteiger partial charge is 0.382 e. The Bertz CT molecular complexity index is 5040. The standard InChI is InChI=1S/C30H35N5O3S2.C30H37N5O2S2.C26H28N4O2S2/c1-33(2)19-29(37)35-10-8-20(9-11-35)31-21-6-7-25-27(16-21)39-26-5-3-4-23(30(26)40-25)24-17-22(18-28(36)32-24)34-12-14-38-15-13-34;1-33(2)12-13-34-10-8-21(9-11-34)31-22-6-7-26-28(18-22)38-27-5-3-4-24(30(27)39-26)25-19-23(20-29(36)32-25)35-14-16-37-17-15-35;31-25-16-19(30-10-12-32-13-11-30)15-21(29-25)20-2-1-3-23-26(20)34-22-5-4-18(14-24(22)33-23)28-17-6-8-27-9-7-17/h3-7,16-18,20,31H,8-15,19H2,1-2H3,(H,32,36);3-7,18-21,31H,8-17H2,1-2H3,(H,32,36);1-5,14-17,27-28H,6-13H2,(H,29,31). The number of morpholine rings is 3. The van der Waals surface area contributed by atoms with E-state index in [1.807, 2.05) is 47.4 Å². The Labute approximate surface area is 687 Å². The van der Waals surface area contributed by atoms with Crippen molar-refractivity contribution in [1.29, 1.82) is 0 Å². The van der Waals surface area contributed by atoms with Gasteiger partial charge in [-0.2, -0.15) is 0 Å². The van der Waals surface area contributed by atoms with E-state index >= 15 is 0 Å². The van der Waals surface area contributed by atoms with E-state index in [2.05, 4.69) is 202 Å². The predicted octanol–water partition coefficient (Wildman–Crippen LogP) is 14.0. The second-order valence-electron chi connectivity index (χ2n) is 30.4. The summed E-state index contributed by atoms with van der Waals surface area (Å²) in [5.41, 5.74) is 11.9. The van der Waals surface area contributed by atoms with Crippen LogP contribution >= 0.6 is 70.6 Å². The third kappa shape index (κ3) is 19.9. The number of carbonyl (C=O) groups excluding carboxylic acids is 1. The highest BCUT2D eigenvalue weighted by Crippen LogP contribution is 2.55. The van der Waals surface area contributed by atoms with Crippen LogP contribution in [0.4, 0.5) is 34.1 Å². The van der Waals surface area contributed by atoms with Crippen molar-refractivity contribution in [3.63, 3.8) is 0 Å². The highest BCUT2D eigenvalue weighted by Gasteiger charge is 2.30. The second-order valence-corrected chi connectivity index (χ2v) is 36.8. The fourth-order valence-electron chi connectivity index (χ4n) is 15.7. The summed E-state index contributed by atoms with van der Waals surface area (Å²) in [7, 11) is 8.15. The normalized spacial score (nSPS) is 18.0. The van der Waals surface area contributed by atoms with Crippen molar-refractivity contribution in [3.05, 3.63) is 177 Å². The number of likely N-dealkylation sites (tertiary alicyclic amines) is 2. The van der Waals surface area contributed by atoms with Crippen molar-refractivity contribution < 1.29 is 19.0 Å². The highest BCUT2D eigenvalue weighted by molar-refractivity contribution is 8.06. The van der Waals surface area contributed by atoms with Crippen molar-refractivity contribution in [3.8, 4) is 33.8 Å². The molecule has 21 nitrogen and oxygen atoms in total. The van der Waals surface area contributed by atoms with Crippen LogP contribution in [-0.2, 0) is 19.0 Å². The van der Waals surface area contributed by atoms with Gasteiger partial charge in [0.15, 0.2) is 0 Å². The molecule has 1 amide bonds. The Kier molecular flexibility index (Phi) is 25.9. The van der Waals surface area contributed by atoms with E-state index in [0.29, 0.717) is 64.3 Å². The number of nitrogens with one attached hydrogen (secondary N) is 7. The number of amides is 1. The van der Waals surface area contributed by atoms with Gasteiger partial charge in [-0.25, -0.2) is 0 Å². The number of fused-ring (bicyclic) bond motifs is 6. The van der Waals surface area contributed by atoms with Crippen molar-refractivity contribution in [2.75, 3.05) is 197 Å². The maximum atomic E-state index is 12.6. The number of aromatic amines is 3. The predicted molar refractivity (Wildman–Crippen MR) is 464 cm³/mol. The van der Waals surface area contributed by atoms with Gasteiger partial charge >= 0.3 is 0 Å². The van der Waals surface area contributed by atoms with Crippen LogP contribution in [0.1, 0.15) is 38.5 Å². The minimum atomic E-state index is -0.0888. The van der Waals surface area contributed by atoms with Crippen LogP contribution in [0.3, 0.4) is 0 Å². The fourth-order valence-corrected chi connectivity index (χ4v) is 22.9. The van der Waals surface area contributed by atoms with E-state index in [1.165, 1.54) is 83.0 Å². The first kappa shape index (κ1) is 79.1. The zero-order valence-electron chi connectivity index (χ0n) is 64.6. The molecule has 6 fully saturated rings. The van der Waals surface area contributed by atoms with Gasteiger partial charge in [-0.1, -0.05) is 107 Å². The molecule has 113 heavy (non-hydrogen) atoms. The zero-order valence-corrected chi connectivity index (χ0v) is 69.5. The first-order chi connectivity index (χ1) is 55.2. The smallest absolute Gasteiger partial charge is 0.250 e. The van der Waals surface area contributed by atoms with Crippen LogP contribution in [0.5, 0.6) is 0 Å². The summed E-state index contributed by atoms with van der Waals surface area (Å²) in [5, 5.41) is 14.7. The monoisotopic (exact) mass is 1630 g/mol. The third-order valence-electron chi connectivity index (χ3n) is 21.8. The SMILES string of the molecule is CN(C)CC(=O)N1CCC(Nc2ccc3c(c2)Sc2cccc(-c4cc(N5CCOCC5)cc(=O)[nH]4)c2S3)CC1.CN(C)CCN1CCC(Nc2ccc3c(c2)Sc2cccc(-c4cc(N5CCOCC5)cc(=O)[nH]4)c2S3)CC1.O=c1cc(N2CCOCC2)cc(-c2cccc3c2Sc2ccc(NC4CCNCC4)cc2S3)[nH]1. The number of hydrogen-bond donors (Lipinski definition) is 7. The number of rotatable bonds is 17. The molecular weight excluding hydrogens is 1530 g/mol. The lowest BCUT2D eigenvalue weighted by Crippen LogP contribution is -2.45. The molecule has 0 atom stereocenters. The van der Waals surface area contributed by atoms with Gasteiger partial charge in [0.2, 0.25) is 22.6 Å². The molecule has 7 N–H and O–H groups in total. The molecule has 6 aromatic carbocycles. The highest BCUT2D eigenvalue weighted by atomic mass is 32.2. The van der Waals surface area contributed by atoms with Gasteiger partial charge in [0.05, 0.1) is 63.3 Å². The van der Waals surface area contributed by atoms with E-state index < -0.39 is 0 Å². The molecule has 18 rings (SSSR count). The van der Waals surface area contributed by atoms with Crippen LogP contribution in [0.15, 0.2) is 219 Å². The molecule has 592 valence electrons. The quantitative estimate of drug-likeness (QED) is 0.0451. The molecular formula is C86H100N14O7S6. The number of H-pyrrole nitrogens is 3. The summed E-state index contributed by atoms with van der Waals surface area (Å²) in [6.07, 6.45) is 6.58. The molecule has 3 aromatic heterocycles. The van der Waals surface area contributed by atoms with E-state index in [1.54, 1.807) is 65.2 Å². The minimum absolute atomic E-state index is 0.0697. The summed E-state index contributed by atoms with van der Waals surface area (Å²) >= 11 is 10.8. The second kappa shape index (κ2) is 37.0. The van der Waals surface area contributed by atoms with Crippen LogP contribution < -0.4 is 52.6 Å². The molecule has 9 aromatic rings. The number of nitrogens with zero attached hydrogens (tertiary/aromatic N) is 7. The number of benzene rings is 6. The number of ether oxygens (including phenoxy) is 3. The van der Waals surface area contributed by atoms with Crippen molar-refractivity contribution >= 4 is 111 Å². The summed E-state index contributed by atoms with van der Waals surface area (Å²) in [6, 6.07) is 52.0. The lowest BCUT2D eigenvalue weighted by atomic mass is 10.0. The molecule has 27 heteroatoms. The minimum Gasteiger partial charge on any atom is -0.382 e. The Morgan fingerprint density at radius 1 is 0.398 bits per heavy atom. The summed E-state index contributed by atoms with van der Waals surface area (Å²) < 4.78 is 16.5. The Hall–Kier alpha value is -7.74. The van der Waals surface area contributed by atoms with Crippen LogP contribution in [0.25, 0.3) is 33.8 Å². The van der Waals surface area contributed by atoms with E-state index in [9.17, 15) is 19.2 Å². The third-order valence-corrected chi connectivity index (χ3v) is 29.5. The Morgan fingerprint density at radius 3 is 1.11 bits per heavy atom. The number of piperidine rings is 3. The molecule has 0 aliphatic carbocycles. The van der Waals surface area contributed by atoms with Gasteiger partial charge in [0, 0.05) is 224 Å². The average molecular weight is 1630 g/mol. The molecule has 0 bridgehead atoms.